The molecule has 0 aliphatic heterocycles. The molecule has 1 aromatic carbocycles. The fourth-order valence-electron chi connectivity index (χ4n) is 1.28. The van der Waals surface area contributed by atoms with Gasteiger partial charge in [0.15, 0.2) is 0 Å². The zero-order valence-electron chi connectivity index (χ0n) is 8.46. The fraction of sp³-hybridized carbons (Fsp3) is 0.400. The third-order valence-corrected chi connectivity index (χ3v) is 9.35. The Morgan fingerprint density at radius 3 is 1.58 bits per heavy atom. The molecule has 0 atom stereocenters. The molecule has 0 saturated heterocycles. The van der Waals surface area contributed by atoms with E-state index in [1.165, 1.54) is 0 Å². The Balaban J connectivity index is 2.96. The zero-order chi connectivity index (χ0) is 9.14. The Morgan fingerprint density at radius 1 is 0.833 bits per heavy atom. The van der Waals surface area contributed by atoms with E-state index in [1.54, 1.807) is 8.24 Å². The van der Waals surface area contributed by atoms with Gasteiger partial charge in [-0.1, -0.05) is 0 Å². The van der Waals surface area contributed by atoms with Crippen LogP contribution in [0.2, 0.25) is 21.9 Å². The topological polar surface area (TPSA) is 0 Å². The van der Waals surface area contributed by atoms with Gasteiger partial charge in [0, 0.05) is 0 Å². The first-order valence-corrected chi connectivity index (χ1v) is 16.8. The van der Waals surface area contributed by atoms with Crippen LogP contribution in [0.15, 0.2) is 24.3 Å². The summed E-state index contributed by atoms with van der Waals surface area (Å²) >= 11 is -2.00. The Labute approximate surface area is 86.4 Å². The molecular formula is C10H16Ga2. The van der Waals surface area contributed by atoms with E-state index in [4.69, 9.17) is 0 Å². The van der Waals surface area contributed by atoms with E-state index in [0.717, 1.165) is 0 Å². The van der Waals surface area contributed by atoms with E-state index in [9.17, 15) is 0 Å². The molecule has 2 heteroatoms. The first kappa shape index (κ1) is 10.6. The van der Waals surface area contributed by atoms with Gasteiger partial charge in [0.1, 0.15) is 0 Å². The van der Waals surface area contributed by atoms with E-state index in [1.807, 2.05) is 0 Å². The van der Waals surface area contributed by atoms with Crippen molar-refractivity contribution in [3.8, 4) is 0 Å². The summed E-state index contributed by atoms with van der Waals surface area (Å²) in [6, 6.07) is 9.37. The van der Waals surface area contributed by atoms with Gasteiger partial charge in [-0.2, -0.15) is 0 Å². The van der Waals surface area contributed by atoms with Crippen LogP contribution in [0, 0.1) is 0 Å². The first-order valence-electron chi connectivity index (χ1n) is 4.71. The van der Waals surface area contributed by atoms with E-state index in [0.29, 0.717) is 0 Å². The van der Waals surface area contributed by atoms with Crippen molar-refractivity contribution in [3.63, 3.8) is 0 Å². The molecule has 0 aromatic heterocycles. The normalized spacial score (nSPS) is 9.67. The van der Waals surface area contributed by atoms with Gasteiger partial charge >= 0.3 is 86.8 Å². The summed E-state index contributed by atoms with van der Waals surface area (Å²) < 4.78 is 3.36. The summed E-state index contributed by atoms with van der Waals surface area (Å²) in [6.45, 7) is 0. The van der Waals surface area contributed by atoms with E-state index in [-0.39, 0.29) is 0 Å². The summed E-state index contributed by atoms with van der Waals surface area (Å²) in [4.78, 5) is 0. The SMILES string of the molecule is [CH3][Ga]([CH3])[c]1ccc[c]([Ga]([CH3])[CH3])c1. The average Bonchev–Trinajstić information content (AvgIpc) is 2.04. The number of hydrogen-bond donors (Lipinski definition) is 0. The van der Waals surface area contributed by atoms with Crippen LogP contribution in [-0.4, -0.2) is 32.4 Å². The molecule has 0 fully saturated rings. The van der Waals surface area contributed by atoms with Crippen LogP contribution >= 0.6 is 0 Å². The fourth-order valence-corrected chi connectivity index (χ4v) is 6.41. The summed E-state index contributed by atoms with van der Waals surface area (Å²) in [7, 11) is 0. The Hall–Kier alpha value is 0.493. The second kappa shape index (κ2) is 4.65. The van der Waals surface area contributed by atoms with Crippen molar-refractivity contribution >= 4 is 40.7 Å². The molecular weight excluding hydrogens is 260 g/mol. The maximum atomic E-state index is 2.48. The molecule has 0 nitrogen and oxygen atoms in total. The van der Waals surface area contributed by atoms with Crippen LogP contribution in [0.25, 0.3) is 0 Å². The molecule has 1 aromatic rings. The van der Waals surface area contributed by atoms with Crippen molar-refractivity contribution in [1.82, 2.24) is 0 Å². The summed E-state index contributed by atoms with van der Waals surface area (Å²) in [5.41, 5.74) is 9.78. The quantitative estimate of drug-likeness (QED) is 0.720. The van der Waals surface area contributed by atoms with Crippen molar-refractivity contribution in [2.45, 2.75) is 21.9 Å². The molecule has 12 heavy (non-hydrogen) atoms. The minimum absolute atomic E-state index is 1.00. The summed E-state index contributed by atoms with van der Waals surface area (Å²) in [5.74, 6) is 0. The van der Waals surface area contributed by atoms with Crippen molar-refractivity contribution in [3.05, 3.63) is 24.3 Å². The minimum atomic E-state index is -1.00. The second-order valence-corrected chi connectivity index (χ2v) is 16.5. The molecule has 0 radical (unpaired) electrons. The standard InChI is InChI=1S/C6H4.4CH3.2Ga/c1-2-4-6-5-3-1;;;;;;/h1-3,6H;4*1H3;;. The van der Waals surface area contributed by atoms with Gasteiger partial charge < -0.3 is 0 Å². The zero-order valence-corrected chi connectivity index (χ0v) is 13.3. The van der Waals surface area contributed by atoms with Crippen molar-refractivity contribution in [2.75, 3.05) is 0 Å². The number of rotatable bonds is 2. The van der Waals surface area contributed by atoms with Gasteiger partial charge in [-0.05, 0) is 0 Å². The van der Waals surface area contributed by atoms with Crippen LogP contribution in [0.1, 0.15) is 0 Å². The predicted molar refractivity (Wildman–Crippen MR) is 60.7 cm³/mol. The number of benzene rings is 1. The monoisotopic (exact) mass is 274 g/mol. The van der Waals surface area contributed by atoms with Gasteiger partial charge in [-0.15, -0.1) is 0 Å². The van der Waals surface area contributed by atoms with E-state index < -0.39 is 32.4 Å². The van der Waals surface area contributed by atoms with Crippen LogP contribution in [-0.2, 0) is 0 Å². The molecule has 0 amide bonds. The van der Waals surface area contributed by atoms with Gasteiger partial charge in [0.05, 0.1) is 0 Å². The van der Waals surface area contributed by atoms with Crippen LogP contribution in [0.4, 0.5) is 0 Å². The molecule has 0 saturated carbocycles. The van der Waals surface area contributed by atoms with Gasteiger partial charge in [-0.3, -0.25) is 0 Å². The Morgan fingerprint density at radius 2 is 1.25 bits per heavy atom. The second-order valence-electron chi connectivity index (χ2n) is 3.98. The van der Waals surface area contributed by atoms with Crippen molar-refractivity contribution < 1.29 is 0 Å². The molecule has 1 rings (SSSR count). The summed E-state index contributed by atoms with van der Waals surface area (Å²) in [6.07, 6.45) is 0. The Kier molecular flexibility index (Phi) is 4.10. The third-order valence-electron chi connectivity index (χ3n) is 2.24. The van der Waals surface area contributed by atoms with Gasteiger partial charge in [0.25, 0.3) is 0 Å². The molecule has 0 N–H and O–H groups in total. The summed E-state index contributed by atoms with van der Waals surface area (Å²) in [5, 5.41) is 0. The molecule has 62 valence electrons. The Bertz CT molecular complexity index is 231. The van der Waals surface area contributed by atoms with Crippen molar-refractivity contribution in [2.24, 2.45) is 0 Å². The maximum absolute atomic E-state index is 2.48. The van der Waals surface area contributed by atoms with Gasteiger partial charge in [0.2, 0.25) is 0 Å². The molecule has 0 aliphatic carbocycles. The molecule has 0 heterocycles. The molecule has 0 bridgehead atoms. The number of hydrogen-bond acceptors (Lipinski definition) is 0. The molecule has 0 aliphatic rings. The molecule has 0 spiro atoms. The van der Waals surface area contributed by atoms with Crippen LogP contribution in [0.3, 0.4) is 0 Å². The third kappa shape index (κ3) is 2.76. The van der Waals surface area contributed by atoms with E-state index in [2.05, 4.69) is 46.2 Å². The van der Waals surface area contributed by atoms with Gasteiger partial charge in [-0.25, -0.2) is 0 Å². The average molecular weight is 276 g/mol. The molecule has 0 unspecified atom stereocenters. The van der Waals surface area contributed by atoms with Crippen molar-refractivity contribution in [1.29, 1.82) is 0 Å². The predicted octanol–water partition coefficient (Wildman–Crippen LogP) is 1.61. The van der Waals surface area contributed by atoms with E-state index >= 15 is 0 Å². The first-order chi connectivity index (χ1) is 5.61. The van der Waals surface area contributed by atoms with Crippen LogP contribution in [0.5, 0.6) is 0 Å². The van der Waals surface area contributed by atoms with Crippen LogP contribution < -0.4 is 8.24 Å².